The van der Waals surface area contributed by atoms with Gasteiger partial charge in [0.05, 0.1) is 23.6 Å². The molecule has 0 aliphatic carbocycles. The third-order valence-electron chi connectivity index (χ3n) is 5.91. The van der Waals surface area contributed by atoms with Crippen molar-refractivity contribution in [3.05, 3.63) is 77.9 Å². The summed E-state index contributed by atoms with van der Waals surface area (Å²) in [7, 11) is 0. The van der Waals surface area contributed by atoms with Crippen molar-refractivity contribution in [2.45, 2.75) is 19.0 Å². The summed E-state index contributed by atoms with van der Waals surface area (Å²) in [6, 6.07) is 14.9. The minimum absolute atomic E-state index is 0.192. The zero-order chi connectivity index (χ0) is 20.1. The fourth-order valence-corrected chi connectivity index (χ4v) is 4.56. The van der Waals surface area contributed by atoms with E-state index in [9.17, 15) is 14.4 Å². The van der Waals surface area contributed by atoms with Gasteiger partial charge in [0.2, 0.25) is 11.8 Å². The third-order valence-corrected chi connectivity index (χ3v) is 5.91. The van der Waals surface area contributed by atoms with Crippen LogP contribution < -0.4 is 4.90 Å². The minimum atomic E-state index is -0.805. The van der Waals surface area contributed by atoms with E-state index in [-0.39, 0.29) is 17.6 Å². The smallest absolute Gasteiger partial charge is 0.240 e. The molecule has 2 aromatic rings. The van der Waals surface area contributed by atoms with Gasteiger partial charge >= 0.3 is 0 Å². The van der Waals surface area contributed by atoms with Gasteiger partial charge in [-0.1, -0.05) is 54.1 Å². The summed E-state index contributed by atoms with van der Waals surface area (Å²) in [5.74, 6) is -2.20. The Bertz CT molecular complexity index is 1060. The highest BCUT2D eigenvalue weighted by Crippen LogP contribution is 2.46. The maximum absolute atomic E-state index is 13.4. The lowest BCUT2D eigenvalue weighted by atomic mass is 9.86. The summed E-state index contributed by atoms with van der Waals surface area (Å²) in [5.41, 5.74) is 2.09. The number of amides is 2. The molecule has 2 saturated heterocycles. The van der Waals surface area contributed by atoms with Gasteiger partial charge in [0.25, 0.3) is 0 Å². The van der Waals surface area contributed by atoms with E-state index in [4.69, 9.17) is 0 Å². The number of hydrazone groups is 1. The van der Waals surface area contributed by atoms with E-state index in [2.05, 4.69) is 5.10 Å². The van der Waals surface area contributed by atoms with E-state index in [1.807, 2.05) is 31.2 Å². The fraction of sp³-hybridized carbons (Fsp3) is 0.217. The standard InChI is InChI=1S/C23H19N3O3/c1-14-9-11-16(12-10-14)25-22(28)18-17-8-5-13-24-26(17)20(19(18)23(25)29)21(27)15-6-3-2-4-7-15/h2-13,17-20H,1H3/t17-,18-,19-,20+/m1/s1. The summed E-state index contributed by atoms with van der Waals surface area (Å²) >= 11 is 0. The highest BCUT2D eigenvalue weighted by atomic mass is 16.2. The number of hydrogen-bond acceptors (Lipinski definition) is 5. The van der Waals surface area contributed by atoms with Gasteiger partial charge in [-0.05, 0) is 25.1 Å². The maximum Gasteiger partial charge on any atom is 0.240 e. The Morgan fingerprint density at radius 1 is 0.931 bits per heavy atom. The van der Waals surface area contributed by atoms with Crippen molar-refractivity contribution >= 4 is 29.5 Å². The van der Waals surface area contributed by atoms with Gasteiger partial charge in [-0.25, -0.2) is 4.90 Å². The van der Waals surface area contributed by atoms with E-state index in [1.54, 1.807) is 53.7 Å². The van der Waals surface area contributed by atoms with Crippen LogP contribution in [0, 0.1) is 18.8 Å². The topological polar surface area (TPSA) is 70.1 Å². The molecule has 0 saturated carbocycles. The number of benzene rings is 2. The molecule has 0 bridgehead atoms. The molecule has 0 spiro atoms. The number of imide groups is 1. The van der Waals surface area contributed by atoms with Crippen LogP contribution in [0.3, 0.4) is 0 Å². The number of aryl methyl sites for hydroxylation is 1. The van der Waals surface area contributed by atoms with E-state index in [0.29, 0.717) is 11.3 Å². The van der Waals surface area contributed by atoms with Crippen molar-refractivity contribution < 1.29 is 14.4 Å². The van der Waals surface area contributed by atoms with Crippen LogP contribution in [-0.4, -0.2) is 40.9 Å². The number of anilines is 1. The number of carbonyl (C=O) groups excluding carboxylic acids is 3. The van der Waals surface area contributed by atoms with Crippen molar-refractivity contribution in [1.82, 2.24) is 5.01 Å². The summed E-state index contributed by atoms with van der Waals surface area (Å²) < 4.78 is 0. The number of rotatable bonds is 3. The molecule has 3 aliphatic heterocycles. The van der Waals surface area contributed by atoms with Crippen molar-refractivity contribution in [3.8, 4) is 0 Å². The number of hydrogen-bond donors (Lipinski definition) is 0. The lowest BCUT2D eigenvalue weighted by Crippen LogP contribution is -2.46. The highest BCUT2D eigenvalue weighted by molar-refractivity contribution is 6.24. The summed E-state index contributed by atoms with van der Waals surface area (Å²) in [5, 5.41) is 5.99. The van der Waals surface area contributed by atoms with Crippen molar-refractivity contribution in [3.63, 3.8) is 0 Å². The van der Waals surface area contributed by atoms with Crippen LogP contribution in [0.25, 0.3) is 0 Å². The van der Waals surface area contributed by atoms with Crippen LogP contribution in [0.5, 0.6) is 0 Å². The Hall–Kier alpha value is -3.54. The molecule has 4 atom stereocenters. The second kappa shape index (κ2) is 6.51. The van der Waals surface area contributed by atoms with Gasteiger partial charge in [-0.15, -0.1) is 0 Å². The van der Waals surface area contributed by atoms with Gasteiger partial charge in [-0.3, -0.25) is 19.4 Å². The Morgan fingerprint density at radius 2 is 1.62 bits per heavy atom. The molecular weight excluding hydrogens is 366 g/mol. The van der Waals surface area contributed by atoms with E-state index in [0.717, 1.165) is 5.56 Å². The van der Waals surface area contributed by atoms with Crippen LogP contribution in [0.15, 0.2) is 71.9 Å². The predicted molar refractivity (Wildman–Crippen MR) is 108 cm³/mol. The van der Waals surface area contributed by atoms with Gasteiger partial charge in [0, 0.05) is 11.8 Å². The fourth-order valence-electron chi connectivity index (χ4n) is 4.56. The van der Waals surface area contributed by atoms with Crippen LogP contribution in [0.2, 0.25) is 0 Å². The summed E-state index contributed by atoms with van der Waals surface area (Å²) in [6.45, 7) is 1.95. The average Bonchev–Trinajstić information content (AvgIpc) is 3.22. The minimum Gasteiger partial charge on any atom is -0.292 e. The second-order valence-corrected chi connectivity index (χ2v) is 7.59. The van der Waals surface area contributed by atoms with Crippen molar-refractivity contribution in [2.24, 2.45) is 16.9 Å². The highest BCUT2D eigenvalue weighted by Gasteiger charge is 2.64. The zero-order valence-corrected chi connectivity index (χ0v) is 15.8. The van der Waals surface area contributed by atoms with Gasteiger partial charge < -0.3 is 0 Å². The monoisotopic (exact) mass is 385 g/mol. The molecule has 3 heterocycles. The van der Waals surface area contributed by atoms with Crippen LogP contribution in [0.1, 0.15) is 15.9 Å². The first kappa shape index (κ1) is 17.6. The number of Topliss-reactive ketones (excluding diaryl/α,β-unsaturated/α-hetero) is 1. The lowest BCUT2D eigenvalue weighted by Gasteiger charge is -2.30. The Morgan fingerprint density at radius 3 is 2.34 bits per heavy atom. The number of allylic oxidation sites excluding steroid dienone is 1. The SMILES string of the molecule is Cc1ccc(N2C(=O)[C@@H]3[C@H](C2=O)[C@H]2C=CC=NN2[C@@H]3C(=O)c2ccccc2)cc1. The molecule has 6 nitrogen and oxygen atoms in total. The molecule has 5 rings (SSSR count). The molecule has 0 N–H and O–H groups in total. The van der Waals surface area contributed by atoms with Crippen molar-refractivity contribution in [2.75, 3.05) is 4.90 Å². The average molecular weight is 385 g/mol. The van der Waals surface area contributed by atoms with E-state index < -0.39 is 23.9 Å². The number of fused-ring (bicyclic) bond motifs is 3. The first-order chi connectivity index (χ1) is 14.1. The molecule has 2 aromatic carbocycles. The lowest BCUT2D eigenvalue weighted by molar-refractivity contribution is -0.123. The Kier molecular flexibility index (Phi) is 3.94. The van der Waals surface area contributed by atoms with Crippen LogP contribution in [0.4, 0.5) is 5.69 Å². The molecule has 6 heteroatoms. The van der Waals surface area contributed by atoms with E-state index in [1.165, 1.54) is 4.90 Å². The molecular formula is C23H19N3O3. The predicted octanol–water partition coefficient (Wildman–Crippen LogP) is 2.59. The number of ketones is 1. The normalized spacial score (nSPS) is 27.3. The van der Waals surface area contributed by atoms with Gasteiger partial charge in [0.1, 0.15) is 6.04 Å². The largest absolute Gasteiger partial charge is 0.292 e. The number of carbonyl (C=O) groups is 3. The molecule has 0 radical (unpaired) electrons. The quantitative estimate of drug-likeness (QED) is 0.602. The van der Waals surface area contributed by atoms with Gasteiger partial charge in [-0.2, -0.15) is 5.10 Å². The second-order valence-electron chi connectivity index (χ2n) is 7.59. The first-order valence-electron chi connectivity index (χ1n) is 9.61. The molecule has 0 aromatic heterocycles. The van der Waals surface area contributed by atoms with Crippen molar-refractivity contribution in [1.29, 1.82) is 0 Å². The zero-order valence-electron chi connectivity index (χ0n) is 15.8. The number of nitrogens with zero attached hydrogens (tertiary/aromatic N) is 3. The van der Waals surface area contributed by atoms with Crippen LogP contribution in [-0.2, 0) is 9.59 Å². The van der Waals surface area contributed by atoms with Gasteiger partial charge in [0.15, 0.2) is 5.78 Å². The molecule has 0 unspecified atom stereocenters. The molecule has 3 aliphatic rings. The summed E-state index contributed by atoms with van der Waals surface area (Å²) in [6.07, 6.45) is 5.21. The molecule has 2 fully saturated rings. The molecule has 2 amide bonds. The Balaban J connectivity index is 1.58. The first-order valence-corrected chi connectivity index (χ1v) is 9.61. The summed E-state index contributed by atoms with van der Waals surface area (Å²) in [4.78, 5) is 41.3. The van der Waals surface area contributed by atoms with E-state index >= 15 is 0 Å². The Labute approximate surface area is 168 Å². The third kappa shape index (κ3) is 2.56. The molecule has 144 valence electrons. The molecule has 29 heavy (non-hydrogen) atoms. The van der Waals surface area contributed by atoms with Crippen LogP contribution >= 0.6 is 0 Å². The maximum atomic E-state index is 13.4.